The number of allylic oxidation sites excluding steroid dienone is 1. The zero-order valence-corrected chi connectivity index (χ0v) is 31.8. The van der Waals surface area contributed by atoms with E-state index in [0.717, 1.165) is 24.8 Å². The minimum atomic E-state index is -4.51. The van der Waals surface area contributed by atoms with Crippen molar-refractivity contribution in [2.45, 2.75) is 121 Å². The first kappa shape index (κ1) is 39.9. The molecule has 2 aromatic rings. The SMILES string of the molecule is CCOC(=O)C12C=CC1C=CCCCCCC(NC(=O)OC(C)(C)C)C(=O)N1CC3(CCc4c(c(C)nc5ccc(OCC(F)(F)F)cc45)O3)CC1C(=O)N2. The maximum absolute atomic E-state index is 14.7. The van der Waals surface area contributed by atoms with Gasteiger partial charge in [0.15, 0.2) is 12.1 Å². The van der Waals surface area contributed by atoms with Gasteiger partial charge in [-0.25, -0.2) is 14.6 Å². The fraction of sp³-hybridized carbons (Fsp3) is 0.575. The van der Waals surface area contributed by atoms with E-state index < -0.39 is 71.4 Å². The van der Waals surface area contributed by atoms with Crippen LogP contribution >= 0.6 is 0 Å². The molecule has 298 valence electrons. The van der Waals surface area contributed by atoms with E-state index in [1.54, 1.807) is 46.8 Å². The molecule has 55 heavy (non-hydrogen) atoms. The van der Waals surface area contributed by atoms with Gasteiger partial charge in [0.1, 0.15) is 34.8 Å². The number of alkyl carbamates (subject to hydrolysis) is 1. The van der Waals surface area contributed by atoms with Gasteiger partial charge in [-0.05, 0) is 84.9 Å². The van der Waals surface area contributed by atoms with E-state index in [1.165, 1.54) is 17.0 Å². The average Bonchev–Trinajstić information content (AvgIpc) is 3.46. The predicted octanol–water partition coefficient (Wildman–Crippen LogP) is 6.17. The Morgan fingerprint density at radius 3 is 2.60 bits per heavy atom. The van der Waals surface area contributed by atoms with E-state index in [9.17, 15) is 32.3 Å². The summed E-state index contributed by atoms with van der Waals surface area (Å²) in [7, 11) is 0. The number of aromatic nitrogens is 1. The summed E-state index contributed by atoms with van der Waals surface area (Å²) < 4.78 is 61.6. The second-order valence-corrected chi connectivity index (χ2v) is 15.8. The standard InChI is InChI=1S/C40H49F3N4O8/c1-6-52-35(50)39-19-16-25(39)12-10-8-7-9-11-13-30(45-36(51)55-37(3,4)5)34(49)47-22-38(21-31(47)33(48)46-39)18-17-27-28-20-26(53-23-40(41,42)43)14-15-29(28)44-24(2)32(27)54-38/h10,12,14-16,19-20,25,30-31H,6-9,11,13,17-18,21-23H2,1-5H3,(H,45,51)(H,46,48). The Morgan fingerprint density at radius 2 is 1.91 bits per heavy atom. The molecule has 6 rings (SSSR count). The van der Waals surface area contributed by atoms with Gasteiger partial charge in [-0.15, -0.1) is 0 Å². The summed E-state index contributed by atoms with van der Waals surface area (Å²) in [6.45, 7) is 7.25. The zero-order chi connectivity index (χ0) is 39.8. The Balaban J connectivity index is 1.36. The van der Waals surface area contributed by atoms with Crippen LogP contribution in [0.15, 0.2) is 42.5 Å². The lowest BCUT2D eigenvalue weighted by Crippen LogP contribution is -2.65. The van der Waals surface area contributed by atoms with Crippen molar-refractivity contribution in [1.29, 1.82) is 0 Å². The number of carbonyl (C=O) groups excluding carboxylic acids is 4. The molecule has 15 heteroatoms. The third-order valence-corrected chi connectivity index (χ3v) is 10.5. The third-order valence-electron chi connectivity index (χ3n) is 10.5. The molecule has 4 heterocycles. The van der Waals surface area contributed by atoms with Gasteiger partial charge in [-0.3, -0.25) is 9.59 Å². The number of amides is 3. The molecule has 1 saturated heterocycles. The quantitative estimate of drug-likeness (QED) is 0.270. The highest BCUT2D eigenvalue weighted by molar-refractivity contribution is 5.97. The lowest BCUT2D eigenvalue weighted by atomic mass is 9.73. The molecule has 0 bridgehead atoms. The summed E-state index contributed by atoms with van der Waals surface area (Å²) in [5.41, 5.74) is -1.56. The molecule has 0 saturated carbocycles. The summed E-state index contributed by atoms with van der Waals surface area (Å²) in [6, 6.07) is 2.43. The first-order valence-corrected chi connectivity index (χ1v) is 18.9. The number of rotatable bonds is 5. The second-order valence-electron chi connectivity index (χ2n) is 15.8. The number of hydrogen-bond acceptors (Lipinski definition) is 9. The molecular weight excluding hydrogens is 721 g/mol. The van der Waals surface area contributed by atoms with E-state index in [1.807, 2.05) is 18.2 Å². The van der Waals surface area contributed by atoms with Gasteiger partial charge in [0.25, 0.3) is 0 Å². The van der Waals surface area contributed by atoms with E-state index in [0.29, 0.717) is 48.0 Å². The second kappa shape index (κ2) is 15.4. The molecule has 1 spiro atoms. The van der Waals surface area contributed by atoms with Crippen LogP contribution in [-0.2, 0) is 30.3 Å². The first-order chi connectivity index (χ1) is 25.9. The van der Waals surface area contributed by atoms with Crippen LogP contribution in [0.1, 0.15) is 83.9 Å². The normalized spacial score (nSPS) is 27.1. The number of carbonyl (C=O) groups is 4. The third kappa shape index (κ3) is 8.70. The van der Waals surface area contributed by atoms with Crippen molar-refractivity contribution in [2.24, 2.45) is 5.92 Å². The molecule has 3 amide bonds. The van der Waals surface area contributed by atoms with Gasteiger partial charge in [-0.1, -0.05) is 37.1 Å². The number of aryl methyl sites for hydroxylation is 2. The van der Waals surface area contributed by atoms with Gasteiger partial charge in [0, 0.05) is 23.3 Å². The van der Waals surface area contributed by atoms with Gasteiger partial charge in [0.2, 0.25) is 11.8 Å². The maximum Gasteiger partial charge on any atom is 0.422 e. The van der Waals surface area contributed by atoms with Crippen LogP contribution in [0.5, 0.6) is 11.5 Å². The number of fused-ring (bicyclic) bond motifs is 5. The zero-order valence-electron chi connectivity index (χ0n) is 31.8. The van der Waals surface area contributed by atoms with Crippen molar-refractivity contribution in [3.63, 3.8) is 0 Å². The van der Waals surface area contributed by atoms with Crippen molar-refractivity contribution in [3.8, 4) is 11.5 Å². The minimum absolute atomic E-state index is 0.0202. The first-order valence-electron chi connectivity index (χ1n) is 18.9. The summed E-state index contributed by atoms with van der Waals surface area (Å²) in [4.78, 5) is 61.9. The average molecular weight is 771 g/mol. The lowest BCUT2D eigenvalue weighted by molar-refractivity contribution is -0.154. The topological polar surface area (TPSA) is 145 Å². The molecule has 0 radical (unpaired) electrons. The highest BCUT2D eigenvalue weighted by Gasteiger charge is 2.56. The van der Waals surface area contributed by atoms with Crippen LogP contribution in [0.25, 0.3) is 10.9 Å². The molecule has 5 unspecified atom stereocenters. The number of nitrogens with one attached hydrogen (secondary N) is 2. The number of nitrogens with zero attached hydrogens (tertiary/aromatic N) is 2. The summed E-state index contributed by atoms with van der Waals surface area (Å²) in [5.74, 6) is -1.70. The monoisotopic (exact) mass is 770 g/mol. The minimum Gasteiger partial charge on any atom is -0.484 e. The molecule has 3 aliphatic heterocycles. The molecule has 1 aromatic heterocycles. The number of pyridine rings is 1. The number of hydrogen-bond donors (Lipinski definition) is 2. The van der Waals surface area contributed by atoms with Crippen LogP contribution in [0, 0.1) is 12.8 Å². The van der Waals surface area contributed by atoms with E-state index in [2.05, 4.69) is 15.6 Å². The Morgan fingerprint density at radius 1 is 1.13 bits per heavy atom. The smallest absolute Gasteiger partial charge is 0.422 e. The Hall–Kier alpha value is -4.82. The van der Waals surface area contributed by atoms with Crippen molar-refractivity contribution in [2.75, 3.05) is 19.8 Å². The Labute approximate surface area is 318 Å². The van der Waals surface area contributed by atoms with E-state index in [4.69, 9.17) is 18.9 Å². The van der Waals surface area contributed by atoms with Crippen LogP contribution < -0.4 is 20.1 Å². The van der Waals surface area contributed by atoms with Gasteiger partial charge >= 0.3 is 18.2 Å². The fourth-order valence-electron chi connectivity index (χ4n) is 7.83. The van der Waals surface area contributed by atoms with Crippen LogP contribution in [0.2, 0.25) is 0 Å². The van der Waals surface area contributed by atoms with E-state index >= 15 is 0 Å². The number of ether oxygens (including phenoxy) is 4. The highest BCUT2D eigenvalue weighted by atomic mass is 19.4. The van der Waals surface area contributed by atoms with Crippen molar-refractivity contribution in [1.82, 2.24) is 20.5 Å². The lowest BCUT2D eigenvalue weighted by Gasteiger charge is -2.41. The number of benzene rings is 1. The molecule has 1 fully saturated rings. The Bertz CT molecular complexity index is 1890. The fourth-order valence-corrected chi connectivity index (χ4v) is 7.83. The molecule has 2 N–H and O–H groups in total. The molecular formula is C40H49F3N4O8. The number of esters is 1. The largest absolute Gasteiger partial charge is 0.484 e. The van der Waals surface area contributed by atoms with Gasteiger partial charge in [-0.2, -0.15) is 13.2 Å². The molecule has 4 aliphatic rings. The van der Waals surface area contributed by atoms with Crippen LogP contribution in [0.3, 0.4) is 0 Å². The predicted molar refractivity (Wildman–Crippen MR) is 195 cm³/mol. The summed E-state index contributed by atoms with van der Waals surface area (Å²) in [5, 5.41) is 6.28. The van der Waals surface area contributed by atoms with Gasteiger partial charge in [0.05, 0.1) is 24.4 Å². The Kier molecular flexibility index (Phi) is 11.1. The van der Waals surface area contributed by atoms with Gasteiger partial charge < -0.3 is 34.5 Å². The molecule has 1 aliphatic carbocycles. The van der Waals surface area contributed by atoms with Crippen molar-refractivity contribution in [3.05, 3.63) is 53.8 Å². The van der Waals surface area contributed by atoms with Crippen LogP contribution in [0.4, 0.5) is 18.0 Å². The highest BCUT2D eigenvalue weighted by Crippen LogP contribution is 2.45. The molecule has 1 aromatic carbocycles. The summed E-state index contributed by atoms with van der Waals surface area (Å²) in [6.07, 6.45) is 6.03. The molecule has 12 nitrogen and oxygen atoms in total. The van der Waals surface area contributed by atoms with Crippen molar-refractivity contribution < 1.29 is 51.3 Å². The van der Waals surface area contributed by atoms with Crippen LogP contribution in [-0.4, -0.2) is 88.5 Å². The summed E-state index contributed by atoms with van der Waals surface area (Å²) >= 11 is 0. The number of alkyl halides is 3. The molecule has 5 atom stereocenters. The van der Waals surface area contributed by atoms with E-state index in [-0.39, 0.29) is 25.3 Å². The van der Waals surface area contributed by atoms with Crippen molar-refractivity contribution >= 4 is 34.8 Å². The maximum atomic E-state index is 14.7. The number of halogens is 3.